The minimum absolute atomic E-state index is 0.0264. The summed E-state index contributed by atoms with van der Waals surface area (Å²) in [6.07, 6.45) is 2.17. The van der Waals surface area contributed by atoms with Crippen LogP contribution in [0.5, 0.6) is 0 Å². The zero-order valence-electron chi connectivity index (χ0n) is 16.6. The molecule has 0 radical (unpaired) electrons. The van der Waals surface area contributed by atoms with Crippen molar-refractivity contribution in [3.05, 3.63) is 82.7 Å². The Balaban J connectivity index is 1.50. The Morgan fingerprint density at radius 1 is 1.00 bits per heavy atom. The minimum atomic E-state index is -3.64. The van der Waals surface area contributed by atoms with Gasteiger partial charge < -0.3 is 14.3 Å². The maximum atomic E-state index is 13.2. The highest BCUT2D eigenvalue weighted by atomic mass is 32.2. The number of carbonyl (C=O) groups excluding carboxylic acids is 1. The number of fused-ring (bicyclic) bond motifs is 4. The molecule has 9 heteroatoms. The van der Waals surface area contributed by atoms with Gasteiger partial charge in [0.1, 0.15) is 0 Å². The number of sulfonamides is 1. The predicted octanol–water partition coefficient (Wildman–Crippen LogP) is 2.50. The maximum absolute atomic E-state index is 13.2. The molecule has 1 aromatic carbocycles. The summed E-state index contributed by atoms with van der Waals surface area (Å²) in [5, 5.41) is 2.83. The Morgan fingerprint density at radius 2 is 1.81 bits per heavy atom. The first kappa shape index (κ1) is 19.8. The van der Waals surface area contributed by atoms with Crippen molar-refractivity contribution < 1.29 is 17.6 Å². The number of nitrogens with zero attached hydrogens (tertiary/aromatic N) is 2. The molecule has 2 atom stereocenters. The van der Waals surface area contributed by atoms with Gasteiger partial charge >= 0.3 is 0 Å². The van der Waals surface area contributed by atoms with Gasteiger partial charge in [-0.2, -0.15) is 4.31 Å². The summed E-state index contributed by atoms with van der Waals surface area (Å²) in [6, 6.07) is 14.6. The highest BCUT2D eigenvalue weighted by Crippen LogP contribution is 2.40. The van der Waals surface area contributed by atoms with E-state index in [2.05, 4.69) is 5.32 Å². The van der Waals surface area contributed by atoms with Gasteiger partial charge in [-0.05, 0) is 42.7 Å². The van der Waals surface area contributed by atoms with Crippen LogP contribution in [0.25, 0.3) is 0 Å². The average molecular weight is 439 g/mol. The van der Waals surface area contributed by atoms with Gasteiger partial charge in [0.25, 0.3) is 11.5 Å². The van der Waals surface area contributed by atoms with E-state index in [9.17, 15) is 18.0 Å². The number of hydrogen-bond donors (Lipinski definition) is 1. The first-order valence-electron chi connectivity index (χ1n) is 10.1. The summed E-state index contributed by atoms with van der Waals surface area (Å²) < 4.78 is 34.7. The van der Waals surface area contributed by atoms with Crippen LogP contribution >= 0.6 is 0 Å². The molecule has 5 rings (SSSR count). The number of hydrogen-bond acceptors (Lipinski definition) is 5. The van der Waals surface area contributed by atoms with Crippen molar-refractivity contribution in [2.45, 2.75) is 23.8 Å². The fourth-order valence-electron chi connectivity index (χ4n) is 4.61. The van der Waals surface area contributed by atoms with Gasteiger partial charge in [0, 0.05) is 37.3 Å². The van der Waals surface area contributed by atoms with Crippen LogP contribution in [0.4, 0.5) is 5.69 Å². The maximum Gasteiger partial charge on any atom is 0.291 e. The largest absolute Gasteiger partial charge is 0.459 e. The smallest absolute Gasteiger partial charge is 0.291 e. The highest BCUT2D eigenvalue weighted by molar-refractivity contribution is 7.89. The summed E-state index contributed by atoms with van der Waals surface area (Å²) in [7, 11) is -3.64. The van der Waals surface area contributed by atoms with Crippen molar-refractivity contribution in [3.63, 3.8) is 0 Å². The number of pyridine rings is 1. The molecule has 0 unspecified atom stereocenters. The van der Waals surface area contributed by atoms with E-state index in [0.29, 0.717) is 24.5 Å². The van der Waals surface area contributed by atoms with Crippen LogP contribution in [-0.4, -0.2) is 36.3 Å². The van der Waals surface area contributed by atoms with E-state index in [0.717, 1.165) is 6.42 Å². The Labute approximate surface area is 179 Å². The van der Waals surface area contributed by atoms with E-state index in [1.165, 1.54) is 16.6 Å². The van der Waals surface area contributed by atoms with E-state index >= 15 is 0 Å². The molecule has 31 heavy (non-hydrogen) atoms. The Bertz CT molecular complexity index is 1280. The SMILES string of the molecule is O=C(Nc1ccc(=O)n2c1[C@@H]1C[C@@H](CN(S(=O)(=O)c3ccccc3)C1)C2)c1ccco1. The number of nitrogens with one attached hydrogen (secondary N) is 1. The fraction of sp³-hybridized carbons (Fsp3) is 0.273. The molecule has 2 bridgehead atoms. The molecule has 1 N–H and O–H groups in total. The number of furan rings is 1. The lowest BCUT2D eigenvalue weighted by molar-refractivity contribution is 0.0996. The van der Waals surface area contributed by atoms with Crippen LogP contribution in [-0.2, 0) is 16.6 Å². The Morgan fingerprint density at radius 3 is 2.55 bits per heavy atom. The zero-order chi connectivity index (χ0) is 21.6. The summed E-state index contributed by atoms with van der Waals surface area (Å²) in [5.74, 6) is -0.432. The molecule has 0 aliphatic carbocycles. The molecule has 4 heterocycles. The minimum Gasteiger partial charge on any atom is -0.459 e. The van der Waals surface area contributed by atoms with Crippen LogP contribution in [0, 0.1) is 5.92 Å². The van der Waals surface area contributed by atoms with E-state index in [-0.39, 0.29) is 34.6 Å². The standard InChI is InChI=1S/C22H21N3O5S/c26-20-9-8-18(23-22(27)19-7-4-10-30-19)21-16-11-15(13-25(20)21)12-24(14-16)31(28,29)17-5-2-1-3-6-17/h1-10,15-16H,11-14H2,(H,23,27)/t15-,16+/m0/s1. The van der Waals surface area contributed by atoms with Gasteiger partial charge in [-0.15, -0.1) is 0 Å². The number of aromatic nitrogens is 1. The van der Waals surface area contributed by atoms with Crippen molar-refractivity contribution >= 4 is 21.6 Å². The monoisotopic (exact) mass is 439 g/mol. The molecule has 1 amide bonds. The lowest BCUT2D eigenvalue weighted by Gasteiger charge is -2.42. The number of carbonyl (C=O) groups is 1. The van der Waals surface area contributed by atoms with Crippen molar-refractivity contribution in [1.82, 2.24) is 8.87 Å². The molecule has 160 valence electrons. The Hall–Kier alpha value is -3.17. The lowest BCUT2D eigenvalue weighted by atomic mass is 9.83. The second kappa shape index (κ2) is 7.51. The third kappa shape index (κ3) is 3.49. The van der Waals surface area contributed by atoms with Gasteiger partial charge in [-0.3, -0.25) is 9.59 Å². The van der Waals surface area contributed by atoms with Gasteiger partial charge in [0.15, 0.2) is 5.76 Å². The van der Waals surface area contributed by atoms with Crippen molar-refractivity contribution in [2.24, 2.45) is 5.92 Å². The molecule has 8 nitrogen and oxygen atoms in total. The van der Waals surface area contributed by atoms with E-state index in [4.69, 9.17) is 4.42 Å². The number of amides is 1. The molecule has 0 saturated carbocycles. The van der Waals surface area contributed by atoms with Crippen LogP contribution in [0.15, 0.2) is 75.0 Å². The third-order valence-electron chi connectivity index (χ3n) is 5.93. The summed E-state index contributed by atoms with van der Waals surface area (Å²) in [4.78, 5) is 25.3. The van der Waals surface area contributed by atoms with Crippen LogP contribution < -0.4 is 10.9 Å². The van der Waals surface area contributed by atoms with Gasteiger partial charge in [-0.1, -0.05) is 18.2 Å². The number of benzene rings is 1. The third-order valence-corrected chi connectivity index (χ3v) is 7.78. The molecule has 0 spiro atoms. The fourth-order valence-corrected chi connectivity index (χ4v) is 6.19. The molecule has 2 aliphatic heterocycles. The van der Waals surface area contributed by atoms with Gasteiger partial charge in [-0.25, -0.2) is 8.42 Å². The zero-order valence-corrected chi connectivity index (χ0v) is 17.4. The number of piperidine rings is 1. The highest BCUT2D eigenvalue weighted by Gasteiger charge is 2.40. The molecule has 1 fully saturated rings. The first-order valence-corrected chi connectivity index (χ1v) is 11.5. The van der Waals surface area contributed by atoms with Gasteiger partial charge in [0.2, 0.25) is 10.0 Å². The van der Waals surface area contributed by atoms with E-state index < -0.39 is 15.9 Å². The van der Waals surface area contributed by atoms with Crippen LogP contribution in [0.1, 0.15) is 28.6 Å². The molecule has 2 aliphatic rings. The summed E-state index contributed by atoms with van der Waals surface area (Å²) >= 11 is 0. The van der Waals surface area contributed by atoms with E-state index in [1.54, 1.807) is 53.1 Å². The van der Waals surface area contributed by atoms with Crippen molar-refractivity contribution in [3.8, 4) is 0 Å². The predicted molar refractivity (Wildman–Crippen MR) is 113 cm³/mol. The van der Waals surface area contributed by atoms with Crippen molar-refractivity contribution in [1.29, 1.82) is 0 Å². The number of rotatable bonds is 4. The Kier molecular flexibility index (Phi) is 4.79. The quantitative estimate of drug-likeness (QED) is 0.673. The first-order chi connectivity index (χ1) is 14.9. The topological polar surface area (TPSA) is 102 Å². The molecule has 2 aromatic heterocycles. The summed E-state index contributed by atoms with van der Waals surface area (Å²) in [6.45, 7) is 1.03. The van der Waals surface area contributed by atoms with Crippen molar-refractivity contribution in [2.75, 3.05) is 18.4 Å². The van der Waals surface area contributed by atoms with E-state index in [1.807, 2.05) is 0 Å². The number of anilines is 1. The molecule has 3 aromatic rings. The molecule has 1 saturated heterocycles. The van der Waals surface area contributed by atoms with Crippen LogP contribution in [0.2, 0.25) is 0 Å². The average Bonchev–Trinajstić information content (AvgIpc) is 3.31. The summed E-state index contributed by atoms with van der Waals surface area (Å²) in [5.41, 5.74) is 1.01. The second-order valence-corrected chi connectivity index (χ2v) is 9.88. The molecular formula is C22H21N3O5S. The lowest BCUT2D eigenvalue weighted by Crippen LogP contribution is -2.49. The second-order valence-electron chi connectivity index (χ2n) is 7.95. The molecular weight excluding hydrogens is 418 g/mol. The van der Waals surface area contributed by atoms with Gasteiger partial charge in [0.05, 0.1) is 16.8 Å². The normalized spacial score (nSPS) is 20.8. The van der Waals surface area contributed by atoms with Crippen LogP contribution in [0.3, 0.4) is 0 Å².